The lowest BCUT2D eigenvalue weighted by atomic mass is 9.89. The van der Waals surface area contributed by atoms with Crippen LogP contribution in [0, 0.1) is 5.92 Å². The summed E-state index contributed by atoms with van der Waals surface area (Å²) >= 11 is 3.07. The summed E-state index contributed by atoms with van der Waals surface area (Å²) in [6.45, 7) is 5.69. The minimum absolute atomic E-state index is 0.127. The number of hydrogen-bond donors (Lipinski definition) is 2. The zero-order valence-electron chi connectivity index (χ0n) is 16.0. The Labute approximate surface area is 170 Å². The first-order chi connectivity index (χ1) is 13.5. The molecule has 2 amide bonds. The maximum Gasteiger partial charge on any atom is 0.248 e. The third kappa shape index (κ3) is 3.46. The summed E-state index contributed by atoms with van der Waals surface area (Å²) in [7, 11) is 0. The van der Waals surface area contributed by atoms with Gasteiger partial charge in [0.15, 0.2) is 10.8 Å². The lowest BCUT2D eigenvalue weighted by Crippen LogP contribution is -2.41. The summed E-state index contributed by atoms with van der Waals surface area (Å²) in [6, 6.07) is 0. The smallest absolute Gasteiger partial charge is 0.248 e. The summed E-state index contributed by atoms with van der Waals surface area (Å²) in [5, 5.41) is 10.6. The van der Waals surface area contributed by atoms with Gasteiger partial charge < -0.3 is 0 Å². The molecule has 1 unspecified atom stereocenters. The van der Waals surface area contributed by atoms with Crippen molar-refractivity contribution in [2.24, 2.45) is 5.92 Å². The van der Waals surface area contributed by atoms with Crippen molar-refractivity contribution >= 4 is 50.8 Å². The maximum absolute atomic E-state index is 11.9. The molecule has 1 atom stereocenters. The van der Waals surface area contributed by atoms with E-state index in [1.54, 1.807) is 11.3 Å². The van der Waals surface area contributed by atoms with Crippen LogP contribution < -0.4 is 10.9 Å². The first-order valence-electron chi connectivity index (χ1n) is 9.34. The van der Waals surface area contributed by atoms with E-state index in [0.29, 0.717) is 11.1 Å². The molecule has 0 radical (unpaired) electrons. The number of thiophene rings is 1. The lowest BCUT2D eigenvalue weighted by molar-refractivity contribution is -0.126. The quantitative estimate of drug-likeness (QED) is 0.498. The largest absolute Gasteiger partial charge is 0.274 e. The van der Waals surface area contributed by atoms with Crippen LogP contribution in [0.15, 0.2) is 5.16 Å². The fourth-order valence-electron chi connectivity index (χ4n) is 3.53. The average Bonchev–Trinajstić information content (AvgIpc) is 3.24. The van der Waals surface area contributed by atoms with Gasteiger partial charge >= 0.3 is 0 Å². The predicted molar refractivity (Wildman–Crippen MR) is 109 cm³/mol. The van der Waals surface area contributed by atoms with Crippen molar-refractivity contribution in [2.45, 2.75) is 51.6 Å². The third-order valence-corrected chi connectivity index (χ3v) is 6.94. The third-order valence-electron chi connectivity index (χ3n) is 4.87. The molecule has 1 aliphatic carbocycles. The molecule has 0 fully saturated rings. The van der Waals surface area contributed by atoms with Crippen LogP contribution in [0.4, 0.5) is 0 Å². The molecule has 4 rings (SSSR count). The van der Waals surface area contributed by atoms with Gasteiger partial charge in [0, 0.05) is 18.2 Å². The van der Waals surface area contributed by atoms with Crippen LogP contribution in [0.2, 0.25) is 0 Å². The van der Waals surface area contributed by atoms with E-state index in [1.165, 1.54) is 35.5 Å². The van der Waals surface area contributed by atoms with E-state index in [2.05, 4.69) is 34.9 Å². The molecule has 0 aliphatic heterocycles. The monoisotopic (exact) mass is 418 g/mol. The van der Waals surface area contributed by atoms with Crippen molar-refractivity contribution < 1.29 is 9.59 Å². The van der Waals surface area contributed by atoms with Gasteiger partial charge in [-0.2, -0.15) is 0 Å². The van der Waals surface area contributed by atoms with Crippen molar-refractivity contribution in [1.29, 1.82) is 0 Å². The molecule has 148 valence electrons. The van der Waals surface area contributed by atoms with Crippen LogP contribution in [0.1, 0.15) is 43.5 Å². The number of aromatic nitrogens is 4. The van der Waals surface area contributed by atoms with Crippen LogP contribution in [-0.2, 0) is 28.9 Å². The van der Waals surface area contributed by atoms with Gasteiger partial charge in [0.25, 0.3) is 0 Å². The number of fused-ring (bicyclic) bond motifs is 5. The highest BCUT2D eigenvalue weighted by atomic mass is 32.2. The van der Waals surface area contributed by atoms with E-state index >= 15 is 0 Å². The average molecular weight is 419 g/mol. The Kier molecular flexibility index (Phi) is 5.24. The molecule has 28 heavy (non-hydrogen) atoms. The molecular formula is C18H22N6O2S2. The summed E-state index contributed by atoms with van der Waals surface area (Å²) in [6.07, 6.45) is 4.07. The van der Waals surface area contributed by atoms with Crippen molar-refractivity contribution in [3.05, 3.63) is 16.3 Å². The van der Waals surface area contributed by atoms with E-state index in [0.717, 1.165) is 41.0 Å². The van der Waals surface area contributed by atoms with Crippen LogP contribution in [0.25, 0.3) is 15.9 Å². The number of aryl methyl sites for hydroxylation is 2. The highest BCUT2D eigenvalue weighted by Gasteiger charge is 2.25. The first kappa shape index (κ1) is 19.1. The number of hydrogen-bond acceptors (Lipinski definition) is 7. The first-order valence-corrected chi connectivity index (χ1v) is 11.1. The fraction of sp³-hybridized carbons (Fsp3) is 0.500. The number of thioether (sulfide) groups is 1. The Bertz CT molecular complexity index is 1070. The minimum atomic E-state index is -0.317. The second-order valence-corrected chi connectivity index (χ2v) is 9.10. The second kappa shape index (κ2) is 7.67. The van der Waals surface area contributed by atoms with Crippen LogP contribution in [0.5, 0.6) is 0 Å². The van der Waals surface area contributed by atoms with Gasteiger partial charge in [-0.15, -0.1) is 21.5 Å². The van der Waals surface area contributed by atoms with Crippen LogP contribution >= 0.6 is 23.1 Å². The Balaban J connectivity index is 1.71. The predicted octanol–water partition coefficient (Wildman–Crippen LogP) is 2.29. The SMILES string of the molecule is CCc1nc2sc3c(c2c2nnc(SCC(=O)NNC(C)=O)n12)CCC(C)C3. The summed E-state index contributed by atoms with van der Waals surface area (Å²) in [5.74, 6) is 1.10. The van der Waals surface area contributed by atoms with Gasteiger partial charge in [-0.3, -0.25) is 24.8 Å². The van der Waals surface area contributed by atoms with Gasteiger partial charge in [0.05, 0.1) is 11.1 Å². The number of carbonyl (C=O) groups is 2. The number of rotatable bonds is 4. The van der Waals surface area contributed by atoms with Crippen molar-refractivity contribution in [3.8, 4) is 0 Å². The highest BCUT2D eigenvalue weighted by Crippen LogP contribution is 2.39. The normalized spacial score (nSPS) is 16.3. The zero-order valence-corrected chi connectivity index (χ0v) is 17.7. The molecule has 0 aromatic carbocycles. The second-order valence-electron chi connectivity index (χ2n) is 7.07. The molecule has 10 heteroatoms. The number of carbonyl (C=O) groups excluding carboxylic acids is 2. The lowest BCUT2D eigenvalue weighted by Gasteiger charge is -2.17. The molecule has 0 spiro atoms. The van der Waals surface area contributed by atoms with Gasteiger partial charge in [-0.25, -0.2) is 4.98 Å². The summed E-state index contributed by atoms with van der Waals surface area (Å²) in [5.41, 5.74) is 6.85. The zero-order chi connectivity index (χ0) is 19.8. The molecule has 8 nitrogen and oxygen atoms in total. The van der Waals surface area contributed by atoms with E-state index < -0.39 is 0 Å². The standard InChI is InChI=1S/C18H22N6O2S2/c1-4-13-19-17-15(11-6-5-9(2)7-12(11)28-17)16-22-23-18(24(13)16)27-8-14(26)21-20-10(3)25/h9H,4-8H2,1-3H3,(H,20,25)(H,21,26). The van der Waals surface area contributed by atoms with Crippen LogP contribution in [0.3, 0.4) is 0 Å². The Morgan fingerprint density at radius 3 is 2.89 bits per heavy atom. The molecule has 1 aliphatic rings. The van der Waals surface area contributed by atoms with E-state index in [1.807, 2.05) is 4.40 Å². The van der Waals surface area contributed by atoms with Gasteiger partial charge in [0.1, 0.15) is 10.7 Å². The van der Waals surface area contributed by atoms with Gasteiger partial charge in [0.2, 0.25) is 11.8 Å². The maximum atomic E-state index is 11.9. The molecular weight excluding hydrogens is 396 g/mol. The Hall–Kier alpha value is -2.20. The van der Waals surface area contributed by atoms with Crippen molar-refractivity contribution in [3.63, 3.8) is 0 Å². The van der Waals surface area contributed by atoms with E-state index in [-0.39, 0.29) is 17.6 Å². The fourth-order valence-corrected chi connectivity index (χ4v) is 5.68. The van der Waals surface area contributed by atoms with Crippen molar-refractivity contribution in [2.75, 3.05) is 5.75 Å². The topological polar surface area (TPSA) is 101 Å². The van der Waals surface area contributed by atoms with Crippen LogP contribution in [-0.4, -0.2) is 37.1 Å². The molecule has 0 saturated carbocycles. The molecule has 3 heterocycles. The number of hydrazine groups is 1. The number of nitrogens with zero attached hydrogens (tertiary/aromatic N) is 4. The highest BCUT2D eigenvalue weighted by molar-refractivity contribution is 7.99. The van der Waals surface area contributed by atoms with Gasteiger partial charge in [-0.05, 0) is 30.7 Å². The molecule has 0 bridgehead atoms. The molecule has 2 N–H and O–H groups in total. The Morgan fingerprint density at radius 1 is 1.32 bits per heavy atom. The number of amides is 2. The van der Waals surface area contributed by atoms with E-state index in [9.17, 15) is 9.59 Å². The summed E-state index contributed by atoms with van der Waals surface area (Å²) < 4.78 is 1.98. The Morgan fingerprint density at radius 2 is 2.14 bits per heavy atom. The summed E-state index contributed by atoms with van der Waals surface area (Å²) in [4.78, 5) is 30.2. The molecule has 3 aromatic rings. The van der Waals surface area contributed by atoms with Gasteiger partial charge in [-0.1, -0.05) is 25.6 Å². The van der Waals surface area contributed by atoms with Crippen molar-refractivity contribution in [1.82, 2.24) is 30.4 Å². The molecule has 0 saturated heterocycles. The minimum Gasteiger partial charge on any atom is -0.274 e. The molecule has 3 aromatic heterocycles. The number of nitrogens with one attached hydrogen (secondary N) is 2. The van der Waals surface area contributed by atoms with E-state index in [4.69, 9.17) is 4.98 Å².